The number of rotatable bonds is 4. The Hall–Kier alpha value is -3.02. The number of carbonyl (C=O) groups excluding carboxylic acids is 1. The van der Waals surface area contributed by atoms with Crippen LogP contribution in [0.25, 0.3) is 11.0 Å². The highest BCUT2D eigenvalue weighted by Gasteiger charge is 2.26. The number of benzene rings is 1. The summed E-state index contributed by atoms with van der Waals surface area (Å²) in [7, 11) is 0. The van der Waals surface area contributed by atoms with Gasteiger partial charge in [-0.15, -0.1) is 0 Å². The van der Waals surface area contributed by atoms with Gasteiger partial charge in [-0.2, -0.15) is 0 Å². The first kappa shape index (κ1) is 15.5. The predicted octanol–water partition coefficient (Wildman–Crippen LogP) is 3.83. The molecule has 0 N–H and O–H groups in total. The number of aryl methyl sites for hydroxylation is 1. The zero-order valence-corrected chi connectivity index (χ0v) is 13.9. The maximum atomic E-state index is 12.2. The number of hydrogen-bond donors (Lipinski definition) is 0. The van der Waals surface area contributed by atoms with Crippen LogP contribution in [0.4, 0.5) is 0 Å². The molecule has 1 aliphatic heterocycles. The Morgan fingerprint density at radius 2 is 2.24 bits per heavy atom. The molecule has 0 aliphatic carbocycles. The third kappa shape index (κ3) is 2.69. The molecular weight excluding hydrogens is 322 g/mol. The SMILES string of the molecule is CCOC(=O)c1c(C)oc2ccc(OC3COc4cnccc43)cc12. The molecule has 0 saturated carbocycles. The molecule has 0 spiro atoms. The maximum Gasteiger partial charge on any atom is 0.342 e. The summed E-state index contributed by atoms with van der Waals surface area (Å²) in [5.41, 5.74) is 2.03. The number of hydrogen-bond acceptors (Lipinski definition) is 6. The van der Waals surface area contributed by atoms with E-state index in [0.717, 1.165) is 11.3 Å². The lowest BCUT2D eigenvalue weighted by molar-refractivity contribution is 0.0526. The lowest BCUT2D eigenvalue weighted by atomic mass is 10.1. The number of nitrogens with zero attached hydrogens (tertiary/aromatic N) is 1. The van der Waals surface area contributed by atoms with E-state index in [1.807, 2.05) is 12.1 Å². The first-order chi connectivity index (χ1) is 12.2. The van der Waals surface area contributed by atoms with Crippen LogP contribution in [0.15, 0.2) is 41.1 Å². The maximum absolute atomic E-state index is 12.2. The van der Waals surface area contributed by atoms with Gasteiger partial charge in [0.25, 0.3) is 0 Å². The summed E-state index contributed by atoms with van der Waals surface area (Å²) in [5.74, 6) is 1.51. The highest BCUT2D eigenvalue weighted by Crippen LogP contribution is 2.36. The third-order valence-corrected chi connectivity index (χ3v) is 4.15. The molecule has 6 heteroatoms. The Kier molecular flexibility index (Phi) is 3.80. The van der Waals surface area contributed by atoms with E-state index in [1.54, 1.807) is 38.4 Å². The summed E-state index contributed by atoms with van der Waals surface area (Å²) >= 11 is 0. The Balaban J connectivity index is 1.68. The number of furan rings is 1. The summed E-state index contributed by atoms with van der Waals surface area (Å²) in [6.45, 7) is 4.26. The van der Waals surface area contributed by atoms with E-state index in [0.29, 0.717) is 41.3 Å². The lowest BCUT2D eigenvalue weighted by Gasteiger charge is -2.12. The molecule has 0 bridgehead atoms. The second-order valence-corrected chi connectivity index (χ2v) is 5.74. The van der Waals surface area contributed by atoms with Crippen LogP contribution < -0.4 is 9.47 Å². The van der Waals surface area contributed by atoms with Crippen LogP contribution in [0.3, 0.4) is 0 Å². The third-order valence-electron chi connectivity index (χ3n) is 4.15. The quantitative estimate of drug-likeness (QED) is 0.673. The molecule has 0 radical (unpaired) electrons. The molecule has 0 amide bonds. The van der Waals surface area contributed by atoms with Crippen LogP contribution in [0, 0.1) is 6.92 Å². The number of aromatic nitrogens is 1. The van der Waals surface area contributed by atoms with E-state index >= 15 is 0 Å². The molecule has 1 aliphatic rings. The van der Waals surface area contributed by atoms with Crippen molar-refractivity contribution in [2.75, 3.05) is 13.2 Å². The van der Waals surface area contributed by atoms with Crippen molar-refractivity contribution in [2.24, 2.45) is 0 Å². The summed E-state index contributed by atoms with van der Waals surface area (Å²) in [6.07, 6.45) is 3.18. The molecule has 4 rings (SSSR count). The molecule has 6 nitrogen and oxygen atoms in total. The molecule has 0 fully saturated rings. The van der Waals surface area contributed by atoms with Gasteiger partial charge < -0.3 is 18.6 Å². The lowest BCUT2D eigenvalue weighted by Crippen LogP contribution is -2.09. The van der Waals surface area contributed by atoms with Crippen molar-refractivity contribution in [1.29, 1.82) is 0 Å². The fraction of sp³-hybridized carbons (Fsp3) is 0.263. The van der Waals surface area contributed by atoms with Crippen LogP contribution >= 0.6 is 0 Å². The Morgan fingerprint density at radius 1 is 1.36 bits per heavy atom. The Morgan fingerprint density at radius 3 is 3.08 bits per heavy atom. The second-order valence-electron chi connectivity index (χ2n) is 5.74. The Bertz CT molecular complexity index is 946. The van der Waals surface area contributed by atoms with Gasteiger partial charge in [0.1, 0.15) is 35.0 Å². The Labute approximate surface area is 144 Å². The van der Waals surface area contributed by atoms with Crippen LogP contribution in [0.1, 0.15) is 34.7 Å². The van der Waals surface area contributed by atoms with Crippen molar-refractivity contribution >= 4 is 16.9 Å². The largest absolute Gasteiger partial charge is 0.487 e. The van der Waals surface area contributed by atoms with Gasteiger partial charge in [0.15, 0.2) is 6.10 Å². The van der Waals surface area contributed by atoms with Crippen molar-refractivity contribution in [2.45, 2.75) is 20.0 Å². The van der Waals surface area contributed by atoms with Crippen molar-refractivity contribution < 1.29 is 23.4 Å². The zero-order valence-electron chi connectivity index (χ0n) is 13.9. The van der Waals surface area contributed by atoms with Crippen molar-refractivity contribution in [3.8, 4) is 11.5 Å². The van der Waals surface area contributed by atoms with Crippen LogP contribution in [0.5, 0.6) is 11.5 Å². The average molecular weight is 339 g/mol. The van der Waals surface area contributed by atoms with Crippen LogP contribution in [0.2, 0.25) is 0 Å². The molecule has 0 saturated heterocycles. The van der Waals surface area contributed by atoms with E-state index in [4.69, 9.17) is 18.6 Å². The molecule has 3 aromatic rings. The topological polar surface area (TPSA) is 70.8 Å². The highest BCUT2D eigenvalue weighted by molar-refractivity contribution is 6.04. The number of ether oxygens (including phenoxy) is 3. The average Bonchev–Trinajstić information content (AvgIpc) is 3.15. The molecule has 1 atom stereocenters. The van der Waals surface area contributed by atoms with Gasteiger partial charge >= 0.3 is 5.97 Å². The summed E-state index contributed by atoms with van der Waals surface area (Å²) in [4.78, 5) is 16.3. The highest BCUT2D eigenvalue weighted by atomic mass is 16.5. The van der Waals surface area contributed by atoms with Gasteiger partial charge in [0.2, 0.25) is 0 Å². The van der Waals surface area contributed by atoms with Gasteiger partial charge in [0, 0.05) is 17.1 Å². The van der Waals surface area contributed by atoms with E-state index < -0.39 is 5.97 Å². The van der Waals surface area contributed by atoms with Crippen molar-refractivity contribution in [1.82, 2.24) is 4.98 Å². The minimum absolute atomic E-state index is 0.213. The first-order valence-corrected chi connectivity index (χ1v) is 8.11. The van der Waals surface area contributed by atoms with Crippen LogP contribution in [-0.4, -0.2) is 24.2 Å². The summed E-state index contributed by atoms with van der Waals surface area (Å²) in [5, 5.41) is 0.683. The van der Waals surface area contributed by atoms with E-state index in [-0.39, 0.29) is 6.10 Å². The fourth-order valence-electron chi connectivity index (χ4n) is 3.02. The zero-order chi connectivity index (χ0) is 17.4. The molecule has 3 heterocycles. The minimum atomic E-state index is -0.392. The number of carbonyl (C=O) groups is 1. The molecule has 1 unspecified atom stereocenters. The predicted molar refractivity (Wildman–Crippen MR) is 90.0 cm³/mol. The molecule has 2 aromatic heterocycles. The number of esters is 1. The van der Waals surface area contributed by atoms with Gasteiger partial charge in [-0.05, 0) is 38.1 Å². The fourth-order valence-corrected chi connectivity index (χ4v) is 3.02. The van der Waals surface area contributed by atoms with Gasteiger partial charge in [-0.25, -0.2) is 4.79 Å². The monoisotopic (exact) mass is 339 g/mol. The van der Waals surface area contributed by atoms with Crippen molar-refractivity contribution in [3.63, 3.8) is 0 Å². The van der Waals surface area contributed by atoms with E-state index in [9.17, 15) is 4.79 Å². The molecule has 128 valence electrons. The second kappa shape index (κ2) is 6.12. The molecule has 25 heavy (non-hydrogen) atoms. The number of pyridine rings is 1. The molecular formula is C19H17NO5. The van der Waals surface area contributed by atoms with E-state index in [1.165, 1.54) is 0 Å². The standard InChI is InChI=1S/C19H17NO5/c1-3-22-19(21)18-11(2)24-15-5-4-12(8-14(15)18)25-17-10-23-16-9-20-7-6-13(16)17/h4-9,17H,3,10H2,1-2H3. The van der Waals surface area contributed by atoms with Crippen molar-refractivity contribution in [3.05, 3.63) is 53.5 Å². The first-order valence-electron chi connectivity index (χ1n) is 8.11. The smallest absolute Gasteiger partial charge is 0.342 e. The number of fused-ring (bicyclic) bond motifs is 2. The van der Waals surface area contributed by atoms with Gasteiger partial charge in [0.05, 0.1) is 12.8 Å². The molecule has 1 aromatic carbocycles. The van der Waals surface area contributed by atoms with Crippen LogP contribution in [-0.2, 0) is 4.74 Å². The van der Waals surface area contributed by atoms with E-state index in [2.05, 4.69) is 4.98 Å². The van der Waals surface area contributed by atoms with Gasteiger partial charge in [-0.3, -0.25) is 4.98 Å². The summed E-state index contributed by atoms with van der Waals surface area (Å²) < 4.78 is 22.4. The normalized spacial score (nSPS) is 15.7. The summed E-state index contributed by atoms with van der Waals surface area (Å²) in [6, 6.07) is 7.30. The minimum Gasteiger partial charge on any atom is -0.487 e. The van der Waals surface area contributed by atoms with Gasteiger partial charge in [-0.1, -0.05) is 0 Å².